The number of nitrogens with zero attached hydrogens (tertiary/aromatic N) is 2. The quantitative estimate of drug-likeness (QED) is 0.459. The molecule has 1 aromatic rings. The van der Waals surface area contributed by atoms with E-state index in [-0.39, 0.29) is 11.3 Å². The maximum Gasteiger partial charge on any atom is 0.270 e. The number of non-ortho nitro benzene ring substituents is 1. The summed E-state index contributed by atoms with van der Waals surface area (Å²) in [6, 6.07) is 2.98. The van der Waals surface area contributed by atoms with Crippen molar-refractivity contribution in [2.75, 3.05) is 13.1 Å². The normalized spacial score (nSPS) is 14.6. The van der Waals surface area contributed by atoms with E-state index < -0.39 is 16.6 Å². The van der Waals surface area contributed by atoms with Gasteiger partial charge in [0.25, 0.3) is 11.6 Å². The van der Waals surface area contributed by atoms with Crippen LogP contribution in [0.1, 0.15) is 16.8 Å². The average molecular weight is 250 g/mol. The van der Waals surface area contributed by atoms with Gasteiger partial charge in [-0.05, 0) is 12.5 Å². The number of carbonyl (C=O) groups excluding carboxylic acids is 1. The molecule has 0 N–H and O–H groups in total. The summed E-state index contributed by atoms with van der Waals surface area (Å²) >= 11 is 0. The van der Waals surface area contributed by atoms with Crippen LogP contribution in [0.15, 0.2) is 30.4 Å². The second-order valence-electron chi connectivity index (χ2n) is 3.93. The van der Waals surface area contributed by atoms with Crippen molar-refractivity contribution in [1.82, 2.24) is 4.90 Å². The van der Waals surface area contributed by atoms with Gasteiger partial charge in [0, 0.05) is 25.2 Å². The van der Waals surface area contributed by atoms with Crippen LogP contribution in [0, 0.1) is 15.9 Å². The van der Waals surface area contributed by atoms with Gasteiger partial charge in [0.1, 0.15) is 5.82 Å². The van der Waals surface area contributed by atoms with Crippen LogP contribution in [0.5, 0.6) is 0 Å². The third-order valence-electron chi connectivity index (χ3n) is 2.74. The SMILES string of the molecule is O=C(c1cc([N+](=O)[O-])ccc1F)N1CC=CCC1. The average Bonchev–Trinajstić information content (AvgIpc) is 2.39. The molecule has 0 fully saturated rings. The van der Waals surface area contributed by atoms with E-state index in [0.717, 1.165) is 18.2 Å². The van der Waals surface area contributed by atoms with Crippen molar-refractivity contribution in [3.63, 3.8) is 0 Å². The Morgan fingerprint density at radius 2 is 2.17 bits per heavy atom. The van der Waals surface area contributed by atoms with Crippen LogP contribution in [0.4, 0.5) is 10.1 Å². The molecule has 0 unspecified atom stereocenters. The Hall–Kier alpha value is -2.24. The fraction of sp³-hybridized carbons (Fsp3) is 0.250. The molecule has 0 saturated carbocycles. The summed E-state index contributed by atoms with van der Waals surface area (Å²) in [6.07, 6.45) is 4.46. The summed E-state index contributed by atoms with van der Waals surface area (Å²) in [4.78, 5) is 23.4. The van der Waals surface area contributed by atoms with Crippen molar-refractivity contribution in [2.24, 2.45) is 0 Å². The van der Waals surface area contributed by atoms with Gasteiger partial charge in [0.05, 0.1) is 10.5 Å². The lowest BCUT2D eigenvalue weighted by molar-refractivity contribution is -0.384. The van der Waals surface area contributed by atoms with Gasteiger partial charge in [0.2, 0.25) is 0 Å². The Morgan fingerprint density at radius 3 is 2.78 bits per heavy atom. The third kappa shape index (κ3) is 2.37. The van der Waals surface area contributed by atoms with E-state index in [2.05, 4.69) is 0 Å². The zero-order valence-electron chi connectivity index (χ0n) is 9.51. The molecule has 0 saturated heterocycles. The van der Waals surface area contributed by atoms with Crippen LogP contribution in [0.3, 0.4) is 0 Å². The van der Waals surface area contributed by atoms with Crippen molar-refractivity contribution < 1.29 is 14.1 Å². The number of carbonyl (C=O) groups is 1. The molecule has 0 spiro atoms. The number of amides is 1. The molecule has 5 nitrogen and oxygen atoms in total. The van der Waals surface area contributed by atoms with E-state index in [1.54, 1.807) is 0 Å². The molecule has 1 aliphatic heterocycles. The van der Waals surface area contributed by atoms with Gasteiger partial charge in [-0.25, -0.2) is 4.39 Å². The smallest absolute Gasteiger partial charge is 0.270 e. The van der Waals surface area contributed by atoms with E-state index in [1.165, 1.54) is 4.90 Å². The number of nitro groups is 1. The zero-order chi connectivity index (χ0) is 13.1. The van der Waals surface area contributed by atoms with E-state index in [1.807, 2.05) is 12.2 Å². The summed E-state index contributed by atoms with van der Waals surface area (Å²) in [5.74, 6) is -1.25. The first-order valence-electron chi connectivity index (χ1n) is 5.48. The van der Waals surface area contributed by atoms with Gasteiger partial charge in [-0.3, -0.25) is 14.9 Å². The number of hydrogen-bond acceptors (Lipinski definition) is 3. The van der Waals surface area contributed by atoms with Gasteiger partial charge < -0.3 is 4.90 Å². The Bertz CT molecular complexity index is 528. The molecule has 0 aromatic heterocycles. The van der Waals surface area contributed by atoms with Crippen molar-refractivity contribution in [2.45, 2.75) is 6.42 Å². The Balaban J connectivity index is 2.31. The minimum Gasteiger partial charge on any atom is -0.335 e. The van der Waals surface area contributed by atoms with E-state index in [9.17, 15) is 19.3 Å². The fourth-order valence-electron chi connectivity index (χ4n) is 1.79. The minimum atomic E-state index is -0.736. The molecule has 0 bridgehead atoms. The van der Waals surface area contributed by atoms with Crippen molar-refractivity contribution in [1.29, 1.82) is 0 Å². The highest BCUT2D eigenvalue weighted by Gasteiger charge is 2.22. The molecule has 1 amide bonds. The van der Waals surface area contributed by atoms with E-state index in [0.29, 0.717) is 19.5 Å². The van der Waals surface area contributed by atoms with Crippen molar-refractivity contribution in [3.8, 4) is 0 Å². The van der Waals surface area contributed by atoms with Gasteiger partial charge in [-0.15, -0.1) is 0 Å². The lowest BCUT2D eigenvalue weighted by atomic mass is 10.1. The predicted molar refractivity (Wildman–Crippen MR) is 62.7 cm³/mol. The minimum absolute atomic E-state index is 0.250. The first-order valence-corrected chi connectivity index (χ1v) is 5.48. The van der Waals surface area contributed by atoms with Gasteiger partial charge in [0.15, 0.2) is 0 Å². The number of nitro benzene ring substituents is 1. The van der Waals surface area contributed by atoms with Crippen LogP contribution >= 0.6 is 0 Å². The standard InChI is InChI=1S/C12H11FN2O3/c13-11-5-4-9(15(17)18)8-10(11)12(16)14-6-2-1-3-7-14/h1-2,4-5,8H,3,6-7H2. The van der Waals surface area contributed by atoms with Crippen LogP contribution in [0.25, 0.3) is 0 Å². The summed E-state index contributed by atoms with van der Waals surface area (Å²) in [5, 5.41) is 10.6. The van der Waals surface area contributed by atoms with Crippen molar-refractivity contribution >= 4 is 11.6 Å². The Labute approximate surface area is 103 Å². The Kier molecular flexibility index (Phi) is 3.36. The highest BCUT2D eigenvalue weighted by molar-refractivity contribution is 5.95. The molecular weight excluding hydrogens is 239 g/mol. The highest BCUT2D eigenvalue weighted by atomic mass is 19.1. The lowest BCUT2D eigenvalue weighted by Gasteiger charge is -2.23. The maximum absolute atomic E-state index is 13.6. The number of benzene rings is 1. The summed E-state index contributed by atoms with van der Waals surface area (Å²) in [5.41, 5.74) is -0.535. The maximum atomic E-state index is 13.6. The number of halogens is 1. The molecule has 0 radical (unpaired) electrons. The van der Waals surface area contributed by atoms with E-state index >= 15 is 0 Å². The highest BCUT2D eigenvalue weighted by Crippen LogP contribution is 2.19. The zero-order valence-corrected chi connectivity index (χ0v) is 9.51. The number of hydrogen-bond donors (Lipinski definition) is 0. The summed E-state index contributed by atoms with van der Waals surface area (Å²) in [7, 11) is 0. The molecule has 1 aliphatic rings. The van der Waals surface area contributed by atoms with Crippen LogP contribution < -0.4 is 0 Å². The molecular formula is C12H11FN2O3. The Morgan fingerprint density at radius 1 is 1.39 bits per heavy atom. The molecule has 94 valence electrons. The van der Waals surface area contributed by atoms with Crippen LogP contribution in [-0.4, -0.2) is 28.8 Å². The summed E-state index contributed by atoms with van der Waals surface area (Å²) in [6.45, 7) is 0.901. The first kappa shape index (κ1) is 12.2. The first-order chi connectivity index (χ1) is 8.59. The number of rotatable bonds is 2. The fourth-order valence-corrected chi connectivity index (χ4v) is 1.79. The predicted octanol–water partition coefficient (Wildman–Crippen LogP) is 2.14. The molecule has 0 atom stereocenters. The van der Waals surface area contributed by atoms with Crippen molar-refractivity contribution in [3.05, 3.63) is 51.8 Å². The molecule has 6 heteroatoms. The third-order valence-corrected chi connectivity index (χ3v) is 2.74. The van der Waals surface area contributed by atoms with E-state index in [4.69, 9.17) is 0 Å². The lowest BCUT2D eigenvalue weighted by Crippen LogP contribution is -2.34. The second-order valence-corrected chi connectivity index (χ2v) is 3.93. The van der Waals surface area contributed by atoms with Crippen LogP contribution in [0.2, 0.25) is 0 Å². The van der Waals surface area contributed by atoms with Crippen LogP contribution in [-0.2, 0) is 0 Å². The van der Waals surface area contributed by atoms with Gasteiger partial charge in [-0.1, -0.05) is 12.2 Å². The molecule has 2 rings (SSSR count). The molecule has 18 heavy (non-hydrogen) atoms. The van der Waals surface area contributed by atoms with Gasteiger partial charge in [-0.2, -0.15) is 0 Å². The largest absolute Gasteiger partial charge is 0.335 e. The van der Waals surface area contributed by atoms with Gasteiger partial charge >= 0.3 is 0 Å². The molecule has 1 heterocycles. The summed E-state index contributed by atoms with van der Waals surface area (Å²) < 4.78 is 13.6. The second kappa shape index (κ2) is 4.95. The topological polar surface area (TPSA) is 63.4 Å². The monoisotopic (exact) mass is 250 g/mol. The molecule has 1 aromatic carbocycles. The molecule has 0 aliphatic carbocycles.